The second-order valence-electron chi connectivity index (χ2n) is 3.63. The Bertz CT molecular complexity index is 421. The van der Waals surface area contributed by atoms with Gasteiger partial charge < -0.3 is 9.47 Å². The van der Waals surface area contributed by atoms with Crippen LogP contribution in [0.3, 0.4) is 0 Å². The summed E-state index contributed by atoms with van der Waals surface area (Å²) in [5.74, 6) is 0.331. The highest BCUT2D eigenvalue weighted by Crippen LogP contribution is 2.14. The fourth-order valence-electron chi connectivity index (χ4n) is 0.997. The fourth-order valence-corrected chi connectivity index (χ4v) is 0.997. The number of rotatable bonds is 4. The van der Waals surface area contributed by atoms with Gasteiger partial charge in [0, 0.05) is 34.3 Å². The second kappa shape index (κ2) is 7.26. The molecule has 110 valence electrons. The highest BCUT2D eigenvalue weighted by Gasteiger charge is 2.12. The Balaban J connectivity index is 2.61. The molecule has 0 aliphatic rings. The van der Waals surface area contributed by atoms with Crippen LogP contribution in [0.2, 0.25) is 0 Å². The zero-order chi connectivity index (χ0) is 15.1. The van der Waals surface area contributed by atoms with Crippen LogP contribution in [0.15, 0.2) is 18.3 Å². The highest BCUT2D eigenvalue weighted by molar-refractivity contribution is 5.70. The van der Waals surface area contributed by atoms with Crippen molar-refractivity contribution < 1.29 is 19.1 Å². The molecule has 2 N–H and O–H groups in total. The number of hydrogen-bond acceptors (Lipinski definition) is 7. The Labute approximate surface area is 116 Å². The summed E-state index contributed by atoms with van der Waals surface area (Å²) >= 11 is 0. The van der Waals surface area contributed by atoms with Crippen molar-refractivity contribution in [3.63, 3.8) is 0 Å². The molecule has 0 radical (unpaired) electrons. The molecule has 1 aromatic heterocycles. The summed E-state index contributed by atoms with van der Waals surface area (Å²) in [6, 6.07) is 2.89. The maximum atomic E-state index is 11.4. The Hall–Kier alpha value is -2.39. The van der Waals surface area contributed by atoms with E-state index in [-0.39, 0.29) is 11.6 Å². The molecule has 0 unspecified atom stereocenters. The number of pyridine rings is 1. The van der Waals surface area contributed by atoms with Crippen LogP contribution in [0.5, 0.6) is 11.6 Å². The number of ether oxygens (including phenoxy) is 2. The number of aromatic nitrogens is 1. The molecule has 0 aromatic carbocycles. The van der Waals surface area contributed by atoms with Crippen LogP contribution < -0.4 is 20.3 Å². The predicted molar refractivity (Wildman–Crippen MR) is 69.9 cm³/mol. The van der Waals surface area contributed by atoms with Gasteiger partial charge >= 0.3 is 12.2 Å². The van der Waals surface area contributed by atoms with E-state index in [1.807, 2.05) is 0 Å². The van der Waals surface area contributed by atoms with Gasteiger partial charge in [-0.05, 0) is 6.07 Å². The van der Waals surface area contributed by atoms with E-state index in [0.717, 1.165) is 10.0 Å². The summed E-state index contributed by atoms with van der Waals surface area (Å²) in [5, 5.41) is 2.31. The van der Waals surface area contributed by atoms with Gasteiger partial charge in [0.1, 0.15) is 0 Å². The number of carbonyl (C=O) groups excluding carboxylic acids is 2. The Morgan fingerprint density at radius 2 is 1.60 bits per heavy atom. The minimum Gasteiger partial charge on any atom is -0.408 e. The average molecular weight is 283 g/mol. The summed E-state index contributed by atoms with van der Waals surface area (Å²) in [6.07, 6.45) is 0.0808. The number of nitrogens with one attached hydrogen (secondary N) is 2. The third-order valence-corrected chi connectivity index (χ3v) is 2.32. The van der Waals surface area contributed by atoms with Crippen molar-refractivity contribution in [2.75, 3.05) is 28.2 Å². The molecule has 0 aliphatic heterocycles. The summed E-state index contributed by atoms with van der Waals surface area (Å²) in [5.41, 5.74) is 5.19. The van der Waals surface area contributed by atoms with Crippen molar-refractivity contribution in [3.05, 3.63) is 18.3 Å². The zero-order valence-electron chi connectivity index (χ0n) is 11.7. The lowest BCUT2D eigenvalue weighted by Crippen LogP contribution is -2.39. The molecule has 20 heavy (non-hydrogen) atoms. The zero-order valence-corrected chi connectivity index (χ0v) is 11.7. The molecule has 9 nitrogen and oxygen atoms in total. The van der Waals surface area contributed by atoms with Gasteiger partial charge in [-0.2, -0.15) is 0 Å². The minimum absolute atomic E-state index is 0.0962. The highest BCUT2D eigenvalue weighted by atomic mass is 16.6. The molecule has 0 spiro atoms. The van der Waals surface area contributed by atoms with Crippen molar-refractivity contribution >= 4 is 12.2 Å². The van der Waals surface area contributed by atoms with E-state index in [4.69, 9.17) is 9.47 Å². The van der Waals surface area contributed by atoms with Crippen molar-refractivity contribution in [2.24, 2.45) is 0 Å². The molecule has 0 saturated heterocycles. The molecular weight excluding hydrogens is 266 g/mol. The van der Waals surface area contributed by atoms with Gasteiger partial charge in [0.25, 0.3) is 0 Å². The third kappa shape index (κ3) is 4.37. The SMILES string of the molecule is CNN(C)C(=O)Oc1ccc(OC(=O)N(C)NC)nc1. The van der Waals surface area contributed by atoms with E-state index >= 15 is 0 Å². The van der Waals surface area contributed by atoms with Crippen LogP contribution >= 0.6 is 0 Å². The number of hydrazine groups is 2. The van der Waals surface area contributed by atoms with E-state index in [2.05, 4.69) is 15.8 Å². The van der Waals surface area contributed by atoms with Gasteiger partial charge in [0.15, 0.2) is 5.75 Å². The Morgan fingerprint density at radius 3 is 2.05 bits per heavy atom. The van der Waals surface area contributed by atoms with E-state index in [1.165, 1.54) is 32.4 Å². The molecule has 0 bridgehead atoms. The molecule has 0 fully saturated rings. The maximum Gasteiger partial charge on any atom is 0.430 e. The third-order valence-electron chi connectivity index (χ3n) is 2.32. The van der Waals surface area contributed by atoms with Crippen LogP contribution in [0.25, 0.3) is 0 Å². The van der Waals surface area contributed by atoms with Crippen molar-refractivity contribution in [3.8, 4) is 11.6 Å². The van der Waals surface area contributed by atoms with E-state index < -0.39 is 12.2 Å². The lowest BCUT2D eigenvalue weighted by molar-refractivity contribution is 0.144. The first-order valence-electron chi connectivity index (χ1n) is 5.69. The average Bonchev–Trinajstić information content (AvgIpc) is 2.47. The minimum atomic E-state index is -0.611. The van der Waals surface area contributed by atoms with E-state index in [0.29, 0.717) is 0 Å². The first-order valence-corrected chi connectivity index (χ1v) is 5.69. The van der Waals surface area contributed by atoms with Crippen LogP contribution in [0.1, 0.15) is 0 Å². The van der Waals surface area contributed by atoms with Crippen molar-refractivity contribution in [1.29, 1.82) is 0 Å². The molecule has 0 atom stereocenters. The predicted octanol–water partition coefficient (Wildman–Crippen LogP) is 0.212. The molecule has 2 amide bonds. The van der Waals surface area contributed by atoms with E-state index in [1.54, 1.807) is 14.1 Å². The standard InChI is InChI=1S/C11H17N5O4/c1-12-15(3)10(17)19-8-5-6-9(14-7-8)20-11(18)16(4)13-2/h5-7,12-13H,1-4H3. The number of nitrogens with zero attached hydrogens (tertiary/aromatic N) is 3. The number of carbonyl (C=O) groups is 2. The fraction of sp³-hybridized carbons (Fsp3) is 0.364. The molecule has 0 aliphatic carbocycles. The van der Waals surface area contributed by atoms with Crippen LogP contribution in [-0.2, 0) is 0 Å². The maximum absolute atomic E-state index is 11.4. The topological polar surface area (TPSA) is 96.0 Å². The van der Waals surface area contributed by atoms with Crippen LogP contribution in [0.4, 0.5) is 9.59 Å². The summed E-state index contributed by atoms with van der Waals surface area (Å²) in [7, 11) is 6.18. The lowest BCUT2D eigenvalue weighted by Gasteiger charge is -2.15. The summed E-state index contributed by atoms with van der Waals surface area (Å²) in [6.45, 7) is 0. The number of amides is 2. The van der Waals surface area contributed by atoms with Crippen molar-refractivity contribution in [1.82, 2.24) is 25.9 Å². The van der Waals surface area contributed by atoms with Gasteiger partial charge in [-0.15, -0.1) is 0 Å². The van der Waals surface area contributed by atoms with Crippen LogP contribution in [-0.4, -0.2) is 55.4 Å². The van der Waals surface area contributed by atoms with Gasteiger partial charge in [0.05, 0.1) is 6.20 Å². The monoisotopic (exact) mass is 283 g/mol. The van der Waals surface area contributed by atoms with Gasteiger partial charge in [-0.3, -0.25) is 0 Å². The van der Waals surface area contributed by atoms with Crippen molar-refractivity contribution in [2.45, 2.75) is 0 Å². The second-order valence-corrected chi connectivity index (χ2v) is 3.63. The molecule has 1 rings (SSSR count). The lowest BCUT2D eigenvalue weighted by atomic mass is 10.4. The van der Waals surface area contributed by atoms with Gasteiger partial charge in [-0.1, -0.05) is 0 Å². The quantitative estimate of drug-likeness (QED) is 0.762. The molecule has 1 heterocycles. The van der Waals surface area contributed by atoms with Gasteiger partial charge in [0.2, 0.25) is 5.88 Å². The molecule has 1 aromatic rings. The smallest absolute Gasteiger partial charge is 0.408 e. The Kier molecular flexibility index (Phi) is 5.69. The first-order chi connectivity index (χ1) is 9.47. The van der Waals surface area contributed by atoms with E-state index in [9.17, 15) is 9.59 Å². The molecular formula is C11H17N5O4. The normalized spacial score (nSPS) is 9.80. The number of hydrogen-bond donors (Lipinski definition) is 2. The Morgan fingerprint density at radius 1 is 1.05 bits per heavy atom. The largest absolute Gasteiger partial charge is 0.430 e. The van der Waals surface area contributed by atoms with Gasteiger partial charge in [-0.25, -0.2) is 35.4 Å². The summed E-state index contributed by atoms with van der Waals surface area (Å²) in [4.78, 5) is 26.7. The van der Waals surface area contributed by atoms with Crippen LogP contribution in [0, 0.1) is 0 Å². The summed E-state index contributed by atoms with van der Waals surface area (Å²) < 4.78 is 9.94. The first kappa shape index (κ1) is 15.7. The molecule has 0 saturated carbocycles. The molecule has 9 heteroatoms.